The minimum absolute atomic E-state index is 0.0436. The average Bonchev–Trinajstić information content (AvgIpc) is 2.45. The van der Waals surface area contributed by atoms with Gasteiger partial charge in [-0.05, 0) is 36.6 Å². The molecule has 1 N–H and O–H groups in total. The van der Waals surface area contributed by atoms with Gasteiger partial charge in [0.05, 0.1) is 20.3 Å². The fourth-order valence-corrected chi connectivity index (χ4v) is 2.32. The predicted molar refractivity (Wildman–Crippen MR) is 70.1 cm³/mol. The molecule has 1 heterocycles. The second-order valence-corrected chi connectivity index (χ2v) is 4.46. The van der Waals surface area contributed by atoms with Gasteiger partial charge in [-0.15, -0.1) is 0 Å². The molecule has 5 heteroatoms. The Labute approximate surface area is 112 Å². The van der Waals surface area contributed by atoms with Gasteiger partial charge in [0.15, 0.2) is 0 Å². The van der Waals surface area contributed by atoms with Gasteiger partial charge in [0, 0.05) is 18.7 Å². The summed E-state index contributed by atoms with van der Waals surface area (Å²) in [6.07, 6.45) is 0.490. The van der Waals surface area contributed by atoms with Crippen LogP contribution in [0.3, 0.4) is 0 Å². The summed E-state index contributed by atoms with van der Waals surface area (Å²) in [5.41, 5.74) is 2.99. The molecule has 2 rings (SSSR count). The number of aliphatic hydroxyl groups is 1. The SMILES string of the molecule is CCOC(=O)N1CCc2cc(CO)c(OC)cc2C1. The maximum Gasteiger partial charge on any atom is 0.410 e. The maximum atomic E-state index is 11.7. The Morgan fingerprint density at radius 2 is 2.21 bits per heavy atom. The summed E-state index contributed by atoms with van der Waals surface area (Å²) in [7, 11) is 1.58. The fourth-order valence-electron chi connectivity index (χ4n) is 2.32. The number of hydrogen-bond acceptors (Lipinski definition) is 4. The molecule has 0 radical (unpaired) electrons. The number of hydrogen-bond donors (Lipinski definition) is 1. The van der Waals surface area contributed by atoms with Crippen molar-refractivity contribution in [3.05, 3.63) is 28.8 Å². The number of carbonyl (C=O) groups excluding carboxylic acids is 1. The molecule has 0 aromatic heterocycles. The lowest BCUT2D eigenvalue weighted by molar-refractivity contribution is 0.102. The third-order valence-corrected chi connectivity index (χ3v) is 3.31. The number of rotatable bonds is 3. The van der Waals surface area contributed by atoms with E-state index >= 15 is 0 Å². The van der Waals surface area contributed by atoms with Crippen molar-refractivity contribution in [1.82, 2.24) is 4.90 Å². The lowest BCUT2D eigenvalue weighted by Crippen LogP contribution is -2.36. The minimum Gasteiger partial charge on any atom is -0.496 e. The summed E-state index contributed by atoms with van der Waals surface area (Å²) in [6, 6.07) is 3.85. The third kappa shape index (κ3) is 2.81. The Bertz CT molecular complexity index is 473. The molecule has 0 fully saturated rings. The normalized spacial score (nSPS) is 13.9. The lowest BCUT2D eigenvalue weighted by Gasteiger charge is -2.28. The number of nitrogens with zero attached hydrogens (tertiary/aromatic N) is 1. The highest BCUT2D eigenvalue weighted by Crippen LogP contribution is 2.28. The molecule has 0 spiro atoms. The van der Waals surface area contributed by atoms with Crippen LogP contribution in [0.15, 0.2) is 12.1 Å². The van der Waals surface area contributed by atoms with Gasteiger partial charge in [0.25, 0.3) is 0 Å². The molecule has 5 nitrogen and oxygen atoms in total. The highest BCUT2D eigenvalue weighted by atomic mass is 16.6. The van der Waals surface area contributed by atoms with E-state index in [4.69, 9.17) is 9.47 Å². The zero-order chi connectivity index (χ0) is 13.8. The number of aliphatic hydroxyl groups excluding tert-OH is 1. The van der Waals surface area contributed by atoms with Gasteiger partial charge in [0.2, 0.25) is 0 Å². The number of ether oxygens (including phenoxy) is 2. The Balaban J connectivity index is 2.22. The first kappa shape index (κ1) is 13.7. The number of methoxy groups -OCH3 is 1. The zero-order valence-electron chi connectivity index (χ0n) is 11.3. The van der Waals surface area contributed by atoms with E-state index in [0.717, 1.165) is 23.1 Å². The minimum atomic E-state index is -0.279. The van der Waals surface area contributed by atoms with Gasteiger partial charge >= 0.3 is 6.09 Å². The van der Waals surface area contributed by atoms with Crippen LogP contribution in [0, 0.1) is 0 Å². The van der Waals surface area contributed by atoms with Crippen molar-refractivity contribution in [1.29, 1.82) is 0 Å². The predicted octanol–water partition coefficient (Wildman–Crippen LogP) is 1.70. The average molecular weight is 265 g/mol. The van der Waals surface area contributed by atoms with E-state index in [0.29, 0.717) is 25.4 Å². The molecule has 0 aliphatic carbocycles. The molecule has 0 bridgehead atoms. The largest absolute Gasteiger partial charge is 0.496 e. The highest BCUT2D eigenvalue weighted by molar-refractivity contribution is 5.68. The van der Waals surface area contributed by atoms with Gasteiger partial charge in [0.1, 0.15) is 5.75 Å². The van der Waals surface area contributed by atoms with Crippen LogP contribution in [0.5, 0.6) is 5.75 Å². The molecule has 104 valence electrons. The quantitative estimate of drug-likeness (QED) is 0.903. The second kappa shape index (κ2) is 5.93. The summed E-state index contributed by atoms with van der Waals surface area (Å²) < 4.78 is 10.3. The fraction of sp³-hybridized carbons (Fsp3) is 0.500. The summed E-state index contributed by atoms with van der Waals surface area (Å²) in [5.74, 6) is 0.659. The van der Waals surface area contributed by atoms with Crippen LogP contribution in [-0.2, 0) is 24.3 Å². The summed E-state index contributed by atoms with van der Waals surface area (Å²) >= 11 is 0. The van der Waals surface area contributed by atoms with E-state index in [1.165, 1.54) is 0 Å². The summed E-state index contributed by atoms with van der Waals surface area (Å²) in [5, 5.41) is 9.30. The summed E-state index contributed by atoms with van der Waals surface area (Å²) in [4.78, 5) is 13.4. The topological polar surface area (TPSA) is 59.0 Å². The van der Waals surface area contributed by atoms with E-state index in [9.17, 15) is 9.90 Å². The Kier molecular flexibility index (Phi) is 4.27. The van der Waals surface area contributed by atoms with Gasteiger partial charge in [-0.1, -0.05) is 0 Å². The molecule has 1 aromatic rings. The number of benzene rings is 1. The van der Waals surface area contributed by atoms with E-state index in [1.54, 1.807) is 18.9 Å². The molecular formula is C14H19NO4. The van der Waals surface area contributed by atoms with Gasteiger partial charge in [-0.2, -0.15) is 0 Å². The molecule has 1 aliphatic rings. The Hall–Kier alpha value is -1.75. The molecule has 0 atom stereocenters. The number of amides is 1. The van der Waals surface area contributed by atoms with Crippen LogP contribution in [0.25, 0.3) is 0 Å². The molecular weight excluding hydrogens is 246 g/mol. The van der Waals surface area contributed by atoms with E-state index < -0.39 is 0 Å². The lowest BCUT2D eigenvalue weighted by atomic mass is 9.97. The van der Waals surface area contributed by atoms with Gasteiger partial charge in [-0.3, -0.25) is 0 Å². The smallest absolute Gasteiger partial charge is 0.410 e. The van der Waals surface area contributed by atoms with Crippen LogP contribution in [0.2, 0.25) is 0 Å². The first-order valence-corrected chi connectivity index (χ1v) is 6.40. The van der Waals surface area contributed by atoms with Crippen molar-refractivity contribution in [2.75, 3.05) is 20.3 Å². The Morgan fingerprint density at radius 3 is 2.84 bits per heavy atom. The standard InChI is InChI=1S/C14H19NO4/c1-3-19-14(17)15-5-4-10-6-12(9-16)13(18-2)7-11(10)8-15/h6-7,16H,3-5,8-9H2,1-2H3. The van der Waals surface area contributed by atoms with Crippen molar-refractivity contribution in [3.63, 3.8) is 0 Å². The van der Waals surface area contributed by atoms with Crippen LogP contribution in [0.4, 0.5) is 4.79 Å². The molecule has 0 saturated carbocycles. The van der Waals surface area contributed by atoms with E-state index in [1.807, 2.05) is 12.1 Å². The van der Waals surface area contributed by atoms with Crippen molar-refractivity contribution in [2.45, 2.75) is 26.5 Å². The monoisotopic (exact) mass is 265 g/mol. The summed E-state index contributed by atoms with van der Waals surface area (Å²) in [6.45, 7) is 3.30. The molecule has 0 saturated heterocycles. The van der Waals surface area contributed by atoms with Gasteiger partial charge < -0.3 is 19.5 Å². The van der Waals surface area contributed by atoms with Crippen molar-refractivity contribution >= 4 is 6.09 Å². The second-order valence-electron chi connectivity index (χ2n) is 4.46. The van der Waals surface area contributed by atoms with Crippen molar-refractivity contribution < 1.29 is 19.4 Å². The van der Waals surface area contributed by atoms with Crippen LogP contribution < -0.4 is 4.74 Å². The van der Waals surface area contributed by atoms with Crippen LogP contribution in [0.1, 0.15) is 23.6 Å². The number of carbonyl (C=O) groups is 1. The van der Waals surface area contributed by atoms with Crippen LogP contribution >= 0.6 is 0 Å². The maximum absolute atomic E-state index is 11.7. The number of fused-ring (bicyclic) bond motifs is 1. The molecule has 0 unspecified atom stereocenters. The highest BCUT2D eigenvalue weighted by Gasteiger charge is 2.23. The third-order valence-electron chi connectivity index (χ3n) is 3.31. The van der Waals surface area contributed by atoms with Crippen LogP contribution in [-0.4, -0.2) is 36.4 Å². The first-order valence-electron chi connectivity index (χ1n) is 6.40. The van der Waals surface area contributed by atoms with Crippen molar-refractivity contribution in [2.24, 2.45) is 0 Å². The zero-order valence-corrected chi connectivity index (χ0v) is 11.3. The molecule has 1 aromatic carbocycles. The van der Waals surface area contributed by atoms with Gasteiger partial charge in [-0.25, -0.2) is 4.79 Å². The Morgan fingerprint density at radius 1 is 1.42 bits per heavy atom. The van der Waals surface area contributed by atoms with Crippen molar-refractivity contribution in [3.8, 4) is 5.75 Å². The van der Waals surface area contributed by atoms with E-state index in [-0.39, 0.29) is 12.7 Å². The van der Waals surface area contributed by atoms with E-state index in [2.05, 4.69) is 0 Å². The first-order chi connectivity index (χ1) is 9.19. The molecule has 19 heavy (non-hydrogen) atoms. The molecule has 1 amide bonds. The molecule has 1 aliphatic heterocycles.